The maximum atomic E-state index is 12.4. The predicted octanol–water partition coefficient (Wildman–Crippen LogP) is 2.37. The van der Waals surface area contributed by atoms with E-state index in [1.807, 2.05) is 0 Å². The molecule has 0 radical (unpaired) electrons. The Morgan fingerprint density at radius 1 is 1.43 bits per heavy atom. The molecule has 8 heteroatoms. The number of sulfonamides is 1. The molecule has 2 unspecified atom stereocenters. The van der Waals surface area contributed by atoms with Crippen LogP contribution in [0.4, 0.5) is 0 Å². The maximum Gasteiger partial charge on any atom is 0.255 e. The molecule has 0 aromatic heterocycles. The molecule has 2 N–H and O–H groups in total. The van der Waals surface area contributed by atoms with Crippen LogP contribution in [0.2, 0.25) is 10.0 Å². The summed E-state index contributed by atoms with van der Waals surface area (Å²) >= 11 is 11.9. The molecule has 1 aliphatic carbocycles. The van der Waals surface area contributed by atoms with Gasteiger partial charge in [-0.15, -0.1) is 0 Å². The number of hydrogen-bond acceptors (Lipinski definition) is 3. The summed E-state index contributed by atoms with van der Waals surface area (Å²) in [4.78, 5) is 13.7. The molecule has 0 bridgehead atoms. The topological polar surface area (TPSA) is 80.5 Å². The number of rotatable bonds is 4. The van der Waals surface area contributed by atoms with Gasteiger partial charge in [0.1, 0.15) is 0 Å². The number of nitrogens with two attached hydrogens (primary N) is 1. The third-order valence-electron chi connectivity index (χ3n) is 3.69. The molecule has 0 aliphatic heterocycles. The van der Waals surface area contributed by atoms with Gasteiger partial charge in [-0.2, -0.15) is 0 Å². The molecule has 2 rings (SSSR count). The lowest BCUT2D eigenvalue weighted by molar-refractivity contribution is 0.0787. The number of halogens is 2. The normalized spacial score (nSPS) is 21.2. The second-order valence-electron chi connectivity index (χ2n) is 5.47. The number of carbonyl (C=O) groups excluding carboxylic acids is 1. The van der Waals surface area contributed by atoms with E-state index in [0.717, 1.165) is 12.5 Å². The van der Waals surface area contributed by atoms with E-state index in [1.165, 1.54) is 11.0 Å². The summed E-state index contributed by atoms with van der Waals surface area (Å²) in [6, 6.07) is 2.30. The molecule has 21 heavy (non-hydrogen) atoms. The first-order chi connectivity index (χ1) is 9.61. The van der Waals surface area contributed by atoms with E-state index >= 15 is 0 Å². The van der Waals surface area contributed by atoms with Crippen molar-refractivity contribution in [1.82, 2.24) is 4.90 Å². The zero-order chi connectivity index (χ0) is 15.9. The van der Waals surface area contributed by atoms with E-state index in [1.54, 1.807) is 7.05 Å². The Balaban J connectivity index is 2.33. The average molecular weight is 351 g/mol. The maximum absolute atomic E-state index is 12.4. The highest BCUT2D eigenvalue weighted by Gasteiger charge is 2.34. The lowest BCUT2D eigenvalue weighted by Gasteiger charge is -2.18. The van der Waals surface area contributed by atoms with Crippen molar-refractivity contribution < 1.29 is 13.2 Å². The molecule has 0 spiro atoms. The summed E-state index contributed by atoms with van der Waals surface area (Å²) in [5.74, 6) is 0.719. The van der Waals surface area contributed by atoms with Crippen molar-refractivity contribution in [2.45, 2.75) is 18.2 Å². The lowest BCUT2D eigenvalue weighted by atomic mass is 10.2. The van der Waals surface area contributed by atoms with Crippen LogP contribution in [0.3, 0.4) is 0 Å². The van der Waals surface area contributed by atoms with Crippen LogP contribution in [0, 0.1) is 11.8 Å². The summed E-state index contributed by atoms with van der Waals surface area (Å²) in [5, 5.41) is 5.09. The Labute approximate surface area is 134 Å². The van der Waals surface area contributed by atoms with Gasteiger partial charge in [0.25, 0.3) is 5.91 Å². The van der Waals surface area contributed by atoms with E-state index in [2.05, 4.69) is 6.92 Å². The molecule has 0 heterocycles. The van der Waals surface area contributed by atoms with Crippen molar-refractivity contribution in [3.63, 3.8) is 0 Å². The van der Waals surface area contributed by atoms with E-state index < -0.39 is 10.0 Å². The number of nitrogens with zero attached hydrogens (tertiary/aromatic N) is 1. The Hall–Kier alpha value is -0.820. The summed E-state index contributed by atoms with van der Waals surface area (Å²) < 4.78 is 22.8. The minimum absolute atomic E-state index is 0.0141. The number of benzene rings is 1. The van der Waals surface area contributed by atoms with Gasteiger partial charge in [-0.1, -0.05) is 30.1 Å². The molecular weight excluding hydrogens is 335 g/mol. The SMILES string of the molecule is CC1CC1CN(C)C(=O)c1cc(S(N)(=O)=O)cc(Cl)c1Cl. The van der Waals surface area contributed by atoms with Crippen molar-refractivity contribution in [2.75, 3.05) is 13.6 Å². The first-order valence-corrected chi connectivity index (χ1v) is 8.68. The molecule has 5 nitrogen and oxygen atoms in total. The van der Waals surface area contributed by atoms with Crippen LogP contribution in [0.1, 0.15) is 23.7 Å². The molecular formula is C13H16Cl2N2O3S. The van der Waals surface area contributed by atoms with Gasteiger partial charge >= 0.3 is 0 Å². The number of primary sulfonamides is 1. The van der Waals surface area contributed by atoms with Gasteiger partial charge < -0.3 is 4.90 Å². The fourth-order valence-corrected chi connectivity index (χ4v) is 3.22. The third-order valence-corrected chi connectivity index (χ3v) is 5.39. The van der Waals surface area contributed by atoms with Crippen molar-refractivity contribution in [1.29, 1.82) is 0 Å². The molecule has 1 saturated carbocycles. The highest BCUT2D eigenvalue weighted by molar-refractivity contribution is 7.89. The van der Waals surface area contributed by atoms with Crippen LogP contribution in [-0.4, -0.2) is 32.8 Å². The Morgan fingerprint density at radius 2 is 2.00 bits per heavy atom. The standard InChI is InChI=1S/C13H16Cl2N2O3S/c1-7-3-8(7)6-17(2)13(18)10-4-9(21(16,19)20)5-11(14)12(10)15/h4-5,7-8H,3,6H2,1-2H3,(H2,16,19,20). The molecule has 1 aromatic rings. The smallest absolute Gasteiger partial charge is 0.255 e. The van der Waals surface area contributed by atoms with Crippen LogP contribution in [0.15, 0.2) is 17.0 Å². The van der Waals surface area contributed by atoms with E-state index in [4.69, 9.17) is 28.3 Å². The van der Waals surface area contributed by atoms with Gasteiger partial charge in [-0.3, -0.25) is 4.79 Å². The second kappa shape index (κ2) is 5.76. The van der Waals surface area contributed by atoms with Crippen LogP contribution >= 0.6 is 23.2 Å². The van der Waals surface area contributed by atoms with E-state index in [-0.39, 0.29) is 26.4 Å². The first kappa shape index (κ1) is 16.5. The second-order valence-corrected chi connectivity index (χ2v) is 7.82. The van der Waals surface area contributed by atoms with Gasteiger partial charge in [0.05, 0.1) is 20.5 Å². The number of hydrogen-bond donors (Lipinski definition) is 1. The fourth-order valence-electron chi connectivity index (χ4n) is 2.18. The van der Waals surface area contributed by atoms with Crippen LogP contribution in [0.5, 0.6) is 0 Å². The van der Waals surface area contributed by atoms with Crippen molar-refractivity contribution in [2.24, 2.45) is 17.0 Å². The largest absolute Gasteiger partial charge is 0.341 e. The molecule has 1 amide bonds. The van der Waals surface area contributed by atoms with Gasteiger partial charge in [-0.25, -0.2) is 13.6 Å². The average Bonchev–Trinajstić information content (AvgIpc) is 3.05. The quantitative estimate of drug-likeness (QED) is 0.904. The zero-order valence-electron chi connectivity index (χ0n) is 11.6. The Kier molecular flexibility index (Phi) is 4.54. The van der Waals surface area contributed by atoms with Crippen LogP contribution < -0.4 is 5.14 Å². The third kappa shape index (κ3) is 3.69. The summed E-state index contributed by atoms with van der Waals surface area (Å²) in [6.45, 7) is 2.72. The van der Waals surface area contributed by atoms with Crippen molar-refractivity contribution in [3.8, 4) is 0 Å². The summed E-state index contributed by atoms with van der Waals surface area (Å²) in [7, 11) is -2.30. The van der Waals surface area contributed by atoms with Gasteiger partial charge in [-0.05, 0) is 30.4 Å². The van der Waals surface area contributed by atoms with Crippen molar-refractivity contribution >= 4 is 39.1 Å². The molecule has 2 atom stereocenters. The van der Waals surface area contributed by atoms with Gasteiger partial charge in [0.15, 0.2) is 0 Å². The van der Waals surface area contributed by atoms with Crippen molar-refractivity contribution in [3.05, 3.63) is 27.7 Å². The highest BCUT2D eigenvalue weighted by atomic mass is 35.5. The van der Waals surface area contributed by atoms with Crippen LogP contribution in [0.25, 0.3) is 0 Å². The Morgan fingerprint density at radius 3 is 2.48 bits per heavy atom. The lowest BCUT2D eigenvalue weighted by Crippen LogP contribution is -2.29. The van der Waals surface area contributed by atoms with Gasteiger partial charge in [0.2, 0.25) is 10.0 Å². The fraction of sp³-hybridized carbons (Fsp3) is 0.462. The first-order valence-electron chi connectivity index (χ1n) is 6.38. The van der Waals surface area contributed by atoms with Crippen LogP contribution in [-0.2, 0) is 10.0 Å². The predicted molar refractivity (Wildman–Crippen MR) is 82.1 cm³/mol. The van der Waals surface area contributed by atoms with E-state index in [0.29, 0.717) is 18.4 Å². The molecule has 116 valence electrons. The summed E-state index contributed by atoms with van der Waals surface area (Å²) in [5.41, 5.74) is 0.0454. The molecule has 1 fully saturated rings. The van der Waals surface area contributed by atoms with Gasteiger partial charge in [0, 0.05) is 13.6 Å². The summed E-state index contributed by atoms with van der Waals surface area (Å²) in [6.07, 6.45) is 1.09. The molecule has 0 saturated heterocycles. The molecule has 1 aromatic carbocycles. The minimum atomic E-state index is -3.96. The molecule has 1 aliphatic rings. The minimum Gasteiger partial charge on any atom is -0.341 e. The number of amides is 1. The number of carbonyl (C=O) groups is 1. The Bertz CT molecular complexity index is 691. The monoisotopic (exact) mass is 350 g/mol. The highest BCUT2D eigenvalue weighted by Crippen LogP contribution is 2.38. The zero-order valence-corrected chi connectivity index (χ0v) is 14.0. The van der Waals surface area contributed by atoms with E-state index in [9.17, 15) is 13.2 Å².